The third kappa shape index (κ3) is 2.46. The van der Waals surface area contributed by atoms with Gasteiger partial charge in [-0.2, -0.15) is 9.78 Å². The zero-order chi connectivity index (χ0) is 14.9. The van der Waals surface area contributed by atoms with Crippen molar-refractivity contribution in [2.75, 3.05) is 5.75 Å². The van der Waals surface area contributed by atoms with Crippen molar-refractivity contribution in [1.82, 2.24) is 19.9 Å². The molecule has 0 N–H and O–H groups in total. The van der Waals surface area contributed by atoms with E-state index in [-0.39, 0.29) is 0 Å². The summed E-state index contributed by atoms with van der Waals surface area (Å²) >= 11 is 5.10. The average Bonchev–Trinajstić information content (AvgIpc) is 2.99. The van der Waals surface area contributed by atoms with Gasteiger partial charge in [-0.1, -0.05) is 39.8 Å². The maximum absolute atomic E-state index is 4.73. The fraction of sp³-hybridized carbons (Fsp3) is 0.0667. The second-order valence-corrected chi connectivity index (χ2v) is 6.55. The Balaban J connectivity index is 1.79. The molecule has 4 rings (SSSR count). The van der Waals surface area contributed by atoms with Crippen LogP contribution in [0.2, 0.25) is 0 Å². The lowest BCUT2D eigenvalue weighted by Crippen LogP contribution is -2.13. The van der Waals surface area contributed by atoms with E-state index < -0.39 is 0 Å². The lowest BCUT2D eigenvalue weighted by atomic mass is 10.1. The quantitative estimate of drug-likeness (QED) is 0.691. The van der Waals surface area contributed by atoms with Gasteiger partial charge in [-0.05, 0) is 29.8 Å². The predicted molar refractivity (Wildman–Crippen MR) is 90.1 cm³/mol. The van der Waals surface area contributed by atoms with Gasteiger partial charge in [0.1, 0.15) is 0 Å². The summed E-state index contributed by atoms with van der Waals surface area (Å²) in [7, 11) is 0. The molecule has 0 unspecified atom stereocenters. The summed E-state index contributed by atoms with van der Waals surface area (Å²) in [5, 5.41) is 14.0. The SMILES string of the molecule is Brc1ccc(C2=Nn3c(nnc3-c3ccncc3)SC2)cc1. The molecular weight excluding hydrogens is 362 g/mol. The molecule has 3 heterocycles. The molecule has 5 nitrogen and oxygen atoms in total. The van der Waals surface area contributed by atoms with Crippen molar-refractivity contribution >= 4 is 33.4 Å². The van der Waals surface area contributed by atoms with Crippen LogP contribution in [0, 0.1) is 0 Å². The van der Waals surface area contributed by atoms with Crippen molar-refractivity contribution in [2.24, 2.45) is 5.10 Å². The zero-order valence-corrected chi connectivity index (χ0v) is 13.8. The van der Waals surface area contributed by atoms with Gasteiger partial charge in [0.2, 0.25) is 5.16 Å². The van der Waals surface area contributed by atoms with Crippen molar-refractivity contribution < 1.29 is 0 Å². The molecule has 22 heavy (non-hydrogen) atoms. The Morgan fingerprint density at radius 3 is 2.50 bits per heavy atom. The van der Waals surface area contributed by atoms with E-state index in [0.717, 1.165) is 38.0 Å². The molecule has 3 aromatic rings. The van der Waals surface area contributed by atoms with E-state index in [1.54, 1.807) is 28.8 Å². The van der Waals surface area contributed by atoms with Crippen LogP contribution in [0.1, 0.15) is 5.56 Å². The summed E-state index contributed by atoms with van der Waals surface area (Å²) in [4.78, 5) is 4.04. The normalized spacial score (nSPS) is 13.6. The first-order chi connectivity index (χ1) is 10.8. The second-order valence-electron chi connectivity index (χ2n) is 4.70. The summed E-state index contributed by atoms with van der Waals surface area (Å²) in [6, 6.07) is 12.0. The molecule has 0 aliphatic carbocycles. The van der Waals surface area contributed by atoms with Crippen molar-refractivity contribution in [2.45, 2.75) is 5.16 Å². The molecule has 0 atom stereocenters. The Bertz CT molecular complexity index is 842. The maximum atomic E-state index is 4.73. The Morgan fingerprint density at radius 1 is 0.955 bits per heavy atom. The molecule has 0 saturated heterocycles. The summed E-state index contributed by atoms with van der Waals surface area (Å²) < 4.78 is 2.86. The van der Waals surface area contributed by atoms with Crippen molar-refractivity contribution in [3.8, 4) is 11.4 Å². The molecule has 2 aromatic heterocycles. The van der Waals surface area contributed by atoms with E-state index in [1.165, 1.54) is 0 Å². The first kappa shape index (κ1) is 13.7. The van der Waals surface area contributed by atoms with Gasteiger partial charge in [0.05, 0.1) is 5.71 Å². The number of rotatable bonds is 2. The number of nitrogens with zero attached hydrogens (tertiary/aromatic N) is 5. The standard InChI is InChI=1S/C15H10BrN5S/c16-12-3-1-10(2-4-12)13-9-22-15-19-18-14(21(15)20-13)11-5-7-17-8-6-11/h1-8H,9H2. The highest BCUT2D eigenvalue weighted by molar-refractivity contribution is 9.10. The van der Waals surface area contributed by atoms with Gasteiger partial charge in [0.25, 0.3) is 0 Å². The predicted octanol–water partition coefficient (Wildman–Crippen LogP) is 3.46. The minimum absolute atomic E-state index is 0.735. The van der Waals surface area contributed by atoms with Gasteiger partial charge < -0.3 is 0 Å². The topological polar surface area (TPSA) is 56.0 Å². The van der Waals surface area contributed by atoms with Gasteiger partial charge >= 0.3 is 0 Å². The van der Waals surface area contributed by atoms with Crippen molar-refractivity contribution in [3.05, 3.63) is 58.8 Å². The van der Waals surface area contributed by atoms with E-state index >= 15 is 0 Å². The number of aromatic nitrogens is 4. The molecule has 0 bridgehead atoms. The van der Waals surface area contributed by atoms with E-state index in [1.807, 2.05) is 24.3 Å². The van der Waals surface area contributed by atoms with Gasteiger partial charge in [-0.3, -0.25) is 4.98 Å². The molecule has 0 spiro atoms. The third-order valence-corrected chi connectivity index (χ3v) is 4.75. The number of hydrogen-bond acceptors (Lipinski definition) is 5. The Labute approximate surface area is 139 Å². The van der Waals surface area contributed by atoms with Gasteiger partial charge in [0, 0.05) is 28.2 Å². The van der Waals surface area contributed by atoms with Crippen molar-refractivity contribution in [1.29, 1.82) is 0 Å². The highest BCUT2D eigenvalue weighted by Gasteiger charge is 2.20. The van der Waals surface area contributed by atoms with E-state index in [0.29, 0.717) is 0 Å². The summed E-state index contributed by atoms with van der Waals surface area (Å²) in [6.07, 6.45) is 3.48. The molecule has 0 saturated carbocycles. The molecule has 1 aliphatic heterocycles. The molecule has 7 heteroatoms. The molecule has 1 aliphatic rings. The Kier molecular flexibility index (Phi) is 3.51. The first-order valence-electron chi connectivity index (χ1n) is 6.64. The average molecular weight is 372 g/mol. The van der Waals surface area contributed by atoms with Crippen LogP contribution < -0.4 is 0 Å². The summed E-state index contributed by atoms with van der Waals surface area (Å²) in [6.45, 7) is 0. The molecular formula is C15H10BrN5S. The maximum Gasteiger partial charge on any atom is 0.212 e. The molecule has 0 fully saturated rings. The number of hydrogen-bond donors (Lipinski definition) is 0. The van der Waals surface area contributed by atoms with Gasteiger partial charge in [0.15, 0.2) is 5.82 Å². The number of fused-ring (bicyclic) bond motifs is 1. The fourth-order valence-electron chi connectivity index (χ4n) is 2.19. The fourth-order valence-corrected chi connectivity index (χ4v) is 3.30. The molecule has 0 radical (unpaired) electrons. The van der Waals surface area contributed by atoms with Gasteiger partial charge in [-0.15, -0.1) is 10.2 Å². The lowest BCUT2D eigenvalue weighted by molar-refractivity contribution is 0.762. The largest absolute Gasteiger partial charge is 0.265 e. The molecule has 108 valence electrons. The molecule has 1 aromatic carbocycles. The van der Waals surface area contributed by atoms with Crippen LogP contribution in [0.25, 0.3) is 11.4 Å². The third-order valence-electron chi connectivity index (χ3n) is 3.29. The smallest absolute Gasteiger partial charge is 0.212 e. The monoisotopic (exact) mass is 371 g/mol. The number of benzene rings is 1. The van der Waals surface area contributed by atoms with Crippen molar-refractivity contribution in [3.63, 3.8) is 0 Å². The highest BCUT2D eigenvalue weighted by atomic mass is 79.9. The van der Waals surface area contributed by atoms with Crippen LogP contribution in [-0.4, -0.2) is 31.3 Å². The molecule has 0 amide bonds. The van der Waals surface area contributed by atoms with Crippen LogP contribution in [0.15, 0.2) is 63.5 Å². The zero-order valence-electron chi connectivity index (χ0n) is 11.3. The Hall–Kier alpha value is -1.99. The Morgan fingerprint density at radius 2 is 1.73 bits per heavy atom. The van der Waals surface area contributed by atoms with Crippen LogP contribution in [-0.2, 0) is 0 Å². The van der Waals surface area contributed by atoms with E-state index in [9.17, 15) is 0 Å². The lowest BCUT2D eigenvalue weighted by Gasteiger charge is -2.13. The number of thioether (sulfide) groups is 1. The van der Waals surface area contributed by atoms with Crippen LogP contribution in [0.4, 0.5) is 0 Å². The highest BCUT2D eigenvalue weighted by Crippen LogP contribution is 2.28. The first-order valence-corrected chi connectivity index (χ1v) is 8.41. The number of halogens is 1. The summed E-state index contributed by atoms with van der Waals surface area (Å²) in [5.41, 5.74) is 3.07. The number of pyridine rings is 1. The second kappa shape index (κ2) is 5.66. The van der Waals surface area contributed by atoms with E-state index in [2.05, 4.69) is 43.2 Å². The minimum atomic E-state index is 0.735. The van der Waals surface area contributed by atoms with Crippen LogP contribution in [0.5, 0.6) is 0 Å². The summed E-state index contributed by atoms with van der Waals surface area (Å²) in [5.74, 6) is 1.52. The van der Waals surface area contributed by atoms with Crippen LogP contribution >= 0.6 is 27.7 Å². The van der Waals surface area contributed by atoms with Crippen LogP contribution in [0.3, 0.4) is 0 Å². The van der Waals surface area contributed by atoms with Gasteiger partial charge in [-0.25, -0.2) is 0 Å². The minimum Gasteiger partial charge on any atom is -0.265 e. The van der Waals surface area contributed by atoms with E-state index in [4.69, 9.17) is 5.10 Å².